The fraction of sp³-hybridized carbons (Fsp3) is 0.300. The number of methoxy groups -OCH3 is 1. The molecule has 5 rings (SSSR count). The van der Waals surface area contributed by atoms with Crippen LogP contribution in [0.5, 0.6) is 5.75 Å². The van der Waals surface area contributed by atoms with Crippen LogP contribution >= 0.6 is 22.7 Å². The standard InChI is InChI=1S/C20H18N4O2S2/c1-9-15-10(2)21-17(11-4-5-11)23-19(15)28-16(9)18(25)24-20-22-13-7-6-12(26-3)8-14(13)27-20/h6-8,11H,4-5H2,1-3H3,(H,22,24,25). The number of nitrogens with zero attached hydrogens (tertiary/aromatic N) is 3. The van der Waals surface area contributed by atoms with Gasteiger partial charge in [-0.3, -0.25) is 10.1 Å². The molecule has 1 aliphatic carbocycles. The Kier molecular flexibility index (Phi) is 4.06. The molecule has 28 heavy (non-hydrogen) atoms. The fourth-order valence-electron chi connectivity index (χ4n) is 3.34. The lowest BCUT2D eigenvalue weighted by Gasteiger charge is -2.02. The predicted octanol–water partition coefficient (Wildman–Crippen LogP) is 5.06. The molecule has 0 atom stereocenters. The number of carbonyl (C=O) groups excluding carboxylic acids is 1. The van der Waals surface area contributed by atoms with E-state index in [1.165, 1.54) is 22.7 Å². The van der Waals surface area contributed by atoms with Crippen molar-refractivity contribution in [3.63, 3.8) is 0 Å². The predicted molar refractivity (Wildman–Crippen MR) is 113 cm³/mol. The van der Waals surface area contributed by atoms with Crippen LogP contribution in [-0.4, -0.2) is 28.0 Å². The summed E-state index contributed by atoms with van der Waals surface area (Å²) >= 11 is 2.87. The molecule has 1 fully saturated rings. The van der Waals surface area contributed by atoms with E-state index in [0.717, 1.165) is 56.1 Å². The second kappa shape index (κ2) is 6.49. The van der Waals surface area contributed by atoms with Crippen molar-refractivity contribution < 1.29 is 9.53 Å². The Morgan fingerprint density at radius 1 is 1.18 bits per heavy atom. The van der Waals surface area contributed by atoms with E-state index in [9.17, 15) is 4.79 Å². The number of aryl methyl sites for hydroxylation is 2. The van der Waals surface area contributed by atoms with E-state index < -0.39 is 0 Å². The van der Waals surface area contributed by atoms with E-state index >= 15 is 0 Å². The zero-order valence-electron chi connectivity index (χ0n) is 15.7. The van der Waals surface area contributed by atoms with Crippen molar-refractivity contribution in [2.24, 2.45) is 0 Å². The number of hydrogen-bond acceptors (Lipinski definition) is 7. The van der Waals surface area contributed by atoms with Crippen LogP contribution in [0.3, 0.4) is 0 Å². The molecule has 6 nitrogen and oxygen atoms in total. The number of thiophene rings is 1. The molecule has 3 heterocycles. The first-order valence-electron chi connectivity index (χ1n) is 9.07. The van der Waals surface area contributed by atoms with Crippen LogP contribution in [0.25, 0.3) is 20.4 Å². The molecule has 0 aliphatic heterocycles. The molecule has 4 aromatic rings. The van der Waals surface area contributed by atoms with Crippen molar-refractivity contribution in [1.82, 2.24) is 15.0 Å². The van der Waals surface area contributed by atoms with Gasteiger partial charge in [-0.25, -0.2) is 15.0 Å². The van der Waals surface area contributed by atoms with Crippen LogP contribution in [0.1, 0.15) is 45.5 Å². The van der Waals surface area contributed by atoms with Gasteiger partial charge in [-0.1, -0.05) is 11.3 Å². The second-order valence-electron chi connectivity index (χ2n) is 6.98. The molecule has 3 aromatic heterocycles. The minimum absolute atomic E-state index is 0.154. The molecule has 1 aromatic carbocycles. The van der Waals surface area contributed by atoms with Crippen molar-refractivity contribution in [2.45, 2.75) is 32.6 Å². The monoisotopic (exact) mass is 410 g/mol. The number of rotatable bonds is 4. The highest BCUT2D eigenvalue weighted by Gasteiger charge is 2.28. The molecule has 1 aliphatic rings. The molecule has 0 saturated heterocycles. The average Bonchev–Trinajstić information content (AvgIpc) is 3.36. The highest BCUT2D eigenvalue weighted by molar-refractivity contribution is 7.23. The summed E-state index contributed by atoms with van der Waals surface area (Å²) in [5.41, 5.74) is 2.72. The van der Waals surface area contributed by atoms with Crippen LogP contribution in [0.15, 0.2) is 18.2 Å². The average molecular weight is 411 g/mol. The van der Waals surface area contributed by atoms with Gasteiger partial charge in [0.25, 0.3) is 5.91 Å². The Bertz CT molecular complexity index is 1240. The van der Waals surface area contributed by atoms with E-state index in [1.54, 1.807) is 7.11 Å². The van der Waals surface area contributed by atoms with Gasteiger partial charge in [0.15, 0.2) is 5.13 Å². The number of amides is 1. The first-order valence-corrected chi connectivity index (χ1v) is 10.7. The molecule has 1 amide bonds. The Morgan fingerprint density at radius 3 is 2.75 bits per heavy atom. The number of thiazole rings is 1. The highest BCUT2D eigenvalue weighted by Crippen LogP contribution is 2.40. The summed E-state index contributed by atoms with van der Waals surface area (Å²) in [5.74, 6) is 2.02. The van der Waals surface area contributed by atoms with E-state index in [1.807, 2.05) is 32.0 Å². The van der Waals surface area contributed by atoms with Gasteiger partial charge in [0.05, 0.1) is 27.9 Å². The largest absolute Gasteiger partial charge is 0.497 e. The molecule has 0 unspecified atom stereocenters. The molecular formula is C20H18N4O2S2. The summed E-state index contributed by atoms with van der Waals surface area (Å²) in [6.45, 7) is 3.96. The number of anilines is 1. The third-order valence-corrected chi connectivity index (χ3v) is 7.07. The van der Waals surface area contributed by atoms with E-state index in [4.69, 9.17) is 9.72 Å². The normalized spacial score (nSPS) is 14.0. The number of ether oxygens (including phenoxy) is 1. The van der Waals surface area contributed by atoms with Crippen molar-refractivity contribution in [3.05, 3.63) is 40.2 Å². The Hall–Kier alpha value is -2.58. The van der Waals surface area contributed by atoms with Crippen molar-refractivity contribution in [1.29, 1.82) is 0 Å². The third-order valence-electron chi connectivity index (χ3n) is 4.95. The number of hydrogen-bond donors (Lipinski definition) is 1. The molecule has 142 valence electrons. The molecule has 0 radical (unpaired) electrons. The van der Waals surface area contributed by atoms with E-state index in [-0.39, 0.29) is 5.91 Å². The summed E-state index contributed by atoms with van der Waals surface area (Å²) in [5, 5.41) is 4.52. The Labute approximate surface area is 169 Å². The third kappa shape index (κ3) is 2.93. The van der Waals surface area contributed by atoms with Crippen molar-refractivity contribution >= 4 is 54.1 Å². The Balaban J connectivity index is 1.48. The van der Waals surface area contributed by atoms with Crippen LogP contribution in [0.4, 0.5) is 5.13 Å². The number of nitrogens with one attached hydrogen (secondary N) is 1. The summed E-state index contributed by atoms with van der Waals surface area (Å²) < 4.78 is 6.22. The maximum absolute atomic E-state index is 12.9. The zero-order chi connectivity index (χ0) is 19.4. The lowest BCUT2D eigenvalue weighted by atomic mass is 10.1. The van der Waals surface area contributed by atoms with E-state index in [2.05, 4.69) is 15.3 Å². The van der Waals surface area contributed by atoms with Gasteiger partial charge in [-0.2, -0.15) is 0 Å². The van der Waals surface area contributed by atoms with Gasteiger partial charge in [0.1, 0.15) is 16.4 Å². The molecule has 0 spiro atoms. The quantitative estimate of drug-likeness (QED) is 0.509. The highest BCUT2D eigenvalue weighted by atomic mass is 32.1. The SMILES string of the molecule is COc1ccc2nc(NC(=O)c3sc4nc(C5CC5)nc(C)c4c3C)sc2c1. The maximum atomic E-state index is 12.9. The second-order valence-corrected chi connectivity index (χ2v) is 9.01. The molecule has 0 bridgehead atoms. The van der Waals surface area contributed by atoms with Gasteiger partial charge in [0.2, 0.25) is 0 Å². The summed E-state index contributed by atoms with van der Waals surface area (Å²) in [7, 11) is 1.63. The van der Waals surface area contributed by atoms with Gasteiger partial charge >= 0.3 is 0 Å². The van der Waals surface area contributed by atoms with E-state index in [0.29, 0.717) is 15.9 Å². The molecule has 8 heteroatoms. The van der Waals surface area contributed by atoms with Gasteiger partial charge < -0.3 is 4.74 Å². The maximum Gasteiger partial charge on any atom is 0.267 e. The lowest BCUT2D eigenvalue weighted by molar-refractivity contribution is 0.103. The molecular weight excluding hydrogens is 392 g/mol. The van der Waals surface area contributed by atoms with Crippen LogP contribution in [-0.2, 0) is 0 Å². The number of carbonyl (C=O) groups is 1. The Morgan fingerprint density at radius 2 is 2.00 bits per heavy atom. The van der Waals surface area contributed by atoms with Gasteiger partial charge in [0, 0.05) is 11.3 Å². The zero-order valence-corrected chi connectivity index (χ0v) is 17.3. The van der Waals surface area contributed by atoms with Crippen LogP contribution in [0.2, 0.25) is 0 Å². The summed E-state index contributed by atoms with van der Waals surface area (Å²) in [6.07, 6.45) is 2.32. The fourth-order valence-corrected chi connectivity index (χ4v) is 5.36. The number of benzene rings is 1. The van der Waals surface area contributed by atoms with Gasteiger partial charge in [-0.05, 0) is 50.5 Å². The number of aromatic nitrogens is 3. The van der Waals surface area contributed by atoms with Crippen LogP contribution in [0, 0.1) is 13.8 Å². The van der Waals surface area contributed by atoms with Crippen molar-refractivity contribution in [3.8, 4) is 5.75 Å². The minimum atomic E-state index is -0.154. The first kappa shape index (κ1) is 17.5. The van der Waals surface area contributed by atoms with Crippen LogP contribution < -0.4 is 10.1 Å². The topological polar surface area (TPSA) is 77.0 Å². The minimum Gasteiger partial charge on any atom is -0.497 e. The summed E-state index contributed by atoms with van der Waals surface area (Å²) in [4.78, 5) is 28.4. The van der Waals surface area contributed by atoms with Crippen molar-refractivity contribution in [2.75, 3.05) is 12.4 Å². The smallest absolute Gasteiger partial charge is 0.267 e. The molecule has 1 N–H and O–H groups in total. The summed E-state index contributed by atoms with van der Waals surface area (Å²) in [6, 6.07) is 5.68. The van der Waals surface area contributed by atoms with Gasteiger partial charge in [-0.15, -0.1) is 11.3 Å². The lowest BCUT2D eigenvalue weighted by Crippen LogP contribution is -2.11. The first-order chi connectivity index (χ1) is 13.5. The molecule has 1 saturated carbocycles. The number of fused-ring (bicyclic) bond motifs is 2.